The second kappa shape index (κ2) is 9.87. The van der Waals surface area contributed by atoms with Gasteiger partial charge >= 0.3 is 0 Å². The number of nitrogens with zero attached hydrogens (tertiary/aromatic N) is 3. The maximum atomic E-state index is 13.4. The van der Waals surface area contributed by atoms with Crippen LogP contribution in [-0.2, 0) is 11.3 Å². The number of nitrogens with one attached hydrogen (secondary N) is 1. The Kier molecular flexibility index (Phi) is 6.50. The van der Waals surface area contributed by atoms with Crippen molar-refractivity contribution in [3.05, 3.63) is 81.7 Å². The first-order valence-electron chi connectivity index (χ1n) is 11.4. The summed E-state index contributed by atoms with van der Waals surface area (Å²) in [5.74, 6) is 0.618. The van der Waals surface area contributed by atoms with E-state index in [1.807, 2.05) is 28.5 Å². The number of aromatic nitrogens is 2. The lowest BCUT2D eigenvalue weighted by molar-refractivity contribution is -0.120. The zero-order valence-corrected chi connectivity index (χ0v) is 20.1. The van der Waals surface area contributed by atoms with Gasteiger partial charge in [0.1, 0.15) is 16.3 Å². The highest BCUT2D eigenvalue weighted by Crippen LogP contribution is 2.26. The molecular weight excluding hydrogens is 467 g/mol. The van der Waals surface area contributed by atoms with Crippen LogP contribution >= 0.6 is 11.3 Å². The van der Waals surface area contributed by atoms with E-state index < -0.39 is 0 Å². The number of ether oxygens (including phenoxy) is 1. The predicted octanol–water partition coefficient (Wildman–Crippen LogP) is 4.51. The molecule has 1 aliphatic heterocycles. The van der Waals surface area contributed by atoms with Gasteiger partial charge in [-0.3, -0.25) is 14.2 Å². The lowest BCUT2D eigenvalue weighted by Gasteiger charge is -2.34. The van der Waals surface area contributed by atoms with Crippen LogP contribution in [0.2, 0.25) is 0 Å². The van der Waals surface area contributed by atoms with E-state index in [0.29, 0.717) is 34.9 Å². The van der Waals surface area contributed by atoms with Gasteiger partial charge in [-0.1, -0.05) is 12.1 Å². The molecule has 0 aliphatic carbocycles. The number of piperidine rings is 1. The molecule has 0 unspecified atom stereocenters. The van der Waals surface area contributed by atoms with Crippen molar-refractivity contribution in [2.75, 3.05) is 30.4 Å². The molecule has 1 fully saturated rings. The summed E-state index contributed by atoms with van der Waals surface area (Å²) in [6, 6.07) is 15.2. The Hall–Kier alpha value is -3.72. The number of carbonyl (C=O) groups excluding carboxylic acids is 1. The van der Waals surface area contributed by atoms with E-state index in [2.05, 4.69) is 5.32 Å². The zero-order chi connectivity index (χ0) is 24.4. The molecule has 2 aromatic heterocycles. The predicted molar refractivity (Wildman–Crippen MR) is 136 cm³/mol. The van der Waals surface area contributed by atoms with E-state index in [0.717, 1.165) is 24.2 Å². The van der Waals surface area contributed by atoms with Gasteiger partial charge in [0.15, 0.2) is 0 Å². The van der Waals surface area contributed by atoms with Crippen LogP contribution in [0.3, 0.4) is 0 Å². The van der Waals surface area contributed by atoms with Crippen LogP contribution in [0.15, 0.2) is 64.8 Å². The standard InChI is InChI=1S/C26H25FN4O3S/c1-34-21-10-8-20(9-11-21)28-24(32)18-3-2-13-30(16-18)26-29-22-12-14-35-23(22)25(33)31(26)15-17-4-6-19(27)7-5-17/h4-12,14,18H,2-3,13,15-16H2,1H3,(H,28,32)/t18-/m1/s1. The molecule has 1 N–H and O–H groups in total. The number of anilines is 2. The lowest BCUT2D eigenvalue weighted by atomic mass is 9.97. The zero-order valence-electron chi connectivity index (χ0n) is 19.2. The maximum Gasteiger partial charge on any atom is 0.273 e. The molecule has 0 radical (unpaired) electrons. The molecular formula is C26H25FN4O3S. The highest BCUT2D eigenvalue weighted by atomic mass is 32.1. The summed E-state index contributed by atoms with van der Waals surface area (Å²) in [5.41, 5.74) is 2.03. The fourth-order valence-electron chi connectivity index (χ4n) is 4.38. The first-order chi connectivity index (χ1) is 17.0. The molecule has 1 aliphatic rings. The first-order valence-corrected chi connectivity index (χ1v) is 12.3. The fourth-order valence-corrected chi connectivity index (χ4v) is 5.16. The number of benzene rings is 2. The van der Waals surface area contributed by atoms with Gasteiger partial charge in [-0.05, 0) is 66.2 Å². The number of hydrogen-bond acceptors (Lipinski definition) is 6. The summed E-state index contributed by atoms with van der Waals surface area (Å²) < 4.78 is 20.8. The number of methoxy groups -OCH3 is 1. The van der Waals surface area contributed by atoms with Crippen molar-refractivity contribution in [2.45, 2.75) is 19.4 Å². The Bertz CT molecular complexity index is 1400. The van der Waals surface area contributed by atoms with Crippen LogP contribution in [-0.4, -0.2) is 35.7 Å². The summed E-state index contributed by atoms with van der Waals surface area (Å²) in [4.78, 5) is 33.3. The van der Waals surface area contributed by atoms with Crippen molar-refractivity contribution in [3.8, 4) is 5.75 Å². The Balaban J connectivity index is 1.41. The minimum atomic E-state index is -0.324. The SMILES string of the molecule is COc1ccc(NC(=O)[C@@H]2CCCN(c3nc4ccsc4c(=O)n3Cc3ccc(F)cc3)C2)cc1. The van der Waals surface area contributed by atoms with Crippen molar-refractivity contribution in [1.82, 2.24) is 9.55 Å². The van der Waals surface area contributed by atoms with Gasteiger partial charge in [-0.25, -0.2) is 9.37 Å². The van der Waals surface area contributed by atoms with Crippen molar-refractivity contribution in [1.29, 1.82) is 0 Å². The molecule has 0 spiro atoms. The average molecular weight is 493 g/mol. The summed E-state index contributed by atoms with van der Waals surface area (Å²) >= 11 is 1.36. The van der Waals surface area contributed by atoms with E-state index in [9.17, 15) is 14.0 Å². The molecule has 180 valence electrons. The second-order valence-electron chi connectivity index (χ2n) is 8.57. The number of carbonyl (C=O) groups is 1. The lowest BCUT2D eigenvalue weighted by Crippen LogP contribution is -2.43. The van der Waals surface area contributed by atoms with E-state index in [1.54, 1.807) is 35.9 Å². The first kappa shape index (κ1) is 23.0. The number of hydrogen-bond donors (Lipinski definition) is 1. The van der Waals surface area contributed by atoms with Gasteiger partial charge in [0, 0.05) is 18.8 Å². The normalized spacial score (nSPS) is 15.8. The van der Waals surface area contributed by atoms with Crippen LogP contribution in [0.5, 0.6) is 5.75 Å². The van der Waals surface area contributed by atoms with E-state index in [4.69, 9.17) is 9.72 Å². The molecule has 0 bridgehead atoms. The van der Waals surface area contributed by atoms with Gasteiger partial charge in [0.05, 0.1) is 25.1 Å². The summed E-state index contributed by atoms with van der Waals surface area (Å²) in [6.07, 6.45) is 1.55. The Morgan fingerprint density at radius 3 is 2.69 bits per heavy atom. The van der Waals surface area contributed by atoms with E-state index in [1.165, 1.54) is 23.5 Å². The molecule has 9 heteroatoms. The number of rotatable bonds is 6. The average Bonchev–Trinajstić information content (AvgIpc) is 3.36. The topological polar surface area (TPSA) is 76.5 Å². The summed E-state index contributed by atoms with van der Waals surface area (Å²) in [5, 5.41) is 4.84. The van der Waals surface area contributed by atoms with E-state index >= 15 is 0 Å². The Labute approximate surface area is 205 Å². The van der Waals surface area contributed by atoms with Gasteiger partial charge in [0.25, 0.3) is 5.56 Å². The van der Waals surface area contributed by atoms with Crippen LogP contribution < -0.4 is 20.5 Å². The van der Waals surface area contributed by atoms with Crippen LogP contribution in [0.1, 0.15) is 18.4 Å². The van der Waals surface area contributed by atoms with Gasteiger partial charge < -0.3 is 15.0 Å². The molecule has 7 nitrogen and oxygen atoms in total. The molecule has 4 aromatic rings. The molecule has 1 amide bonds. The third-order valence-electron chi connectivity index (χ3n) is 6.23. The van der Waals surface area contributed by atoms with E-state index in [-0.39, 0.29) is 29.7 Å². The van der Waals surface area contributed by atoms with Crippen LogP contribution in [0.25, 0.3) is 10.2 Å². The molecule has 3 heterocycles. The quantitative estimate of drug-likeness (QED) is 0.429. The number of fused-ring (bicyclic) bond motifs is 1. The number of amides is 1. The van der Waals surface area contributed by atoms with Gasteiger partial charge in [-0.2, -0.15) is 0 Å². The third-order valence-corrected chi connectivity index (χ3v) is 7.12. The van der Waals surface area contributed by atoms with Crippen LogP contribution in [0.4, 0.5) is 16.0 Å². The summed E-state index contributed by atoms with van der Waals surface area (Å²) in [6.45, 7) is 1.42. The molecule has 0 saturated carbocycles. The van der Waals surface area contributed by atoms with Crippen molar-refractivity contribution in [3.63, 3.8) is 0 Å². The Morgan fingerprint density at radius 2 is 1.94 bits per heavy atom. The third kappa shape index (κ3) is 4.90. The summed E-state index contributed by atoms with van der Waals surface area (Å²) in [7, 11) is 1.60. The minimum absolute atomic E-state index is 0.0658. The largest absolute Gasteiger partial charge is 0.497 e. The highest BCUT2D eigenvalue weighted by Gasteiger charge is 2.29. The van der Waals surface area contributed by atoms with Crippen molar-refractivity contribution < 1.29 is 13.9 Å². The fraction of sp³-hybridized carbons (Fsp3) is 0.269. The van der Waals surface area contributed by atoms with Gasteiger partial charge in [0.2, 0.25) is 11.9 Å². The highest BCUT2D eigenvalue weighted by molar-refractivity contribution is 7.17. The maximum absolute atomic E-state index is 13.4. The van der Waals surface area contributed by atoms with Crippen molar-refractivity contribution >= 4 is 39.1 Å². The number of thiophene rings is 1. The monoisotopic (exact) mass is 492 g/mol. The minimum Gasteiger partial charge on any atom is -0.497 e. The second-order valence-corrected chi connectivity index (χ2v) is 9.48. The molecule has 5 rings (SSSR count). The van der Waals surface area contributed by atoms with Crippen LogP contribution in [0, 0.1) is 11.7 Å². The van der Waals surface area contributed by atoms with Gasteiger partial charge in [-0.15, -0.1) is 11.3 Å². The smallest absolute Gasteiger partial charge is 0.273 e. The Morgan fingerprint density at radius 1 is 1.17 bits per heavy atom. The molecule has 2 aromatic carbocycles. The molecule has 1 saturated heterocycles. The number of halogens is 1. The molecule has 1 atom stereocenters. The molecule has 35 heavy (non-hydrogen) atoms. The van der Waals surface area contributed by atoms with Crippen molar-refractivity contribution in [2.24, 2.45) is 5.92 Å².